The van der Waals surface area contributed by atoms with E-state index in [2.05, 4.69) is 52.1 Å². The number of hydrogen-bond acceptors (Lipinski definition) is 4. The largest absolute Gasteiger partial charge is 0.497 e. The van der Waals surface area contributed by atoms with Crippen molar-refractivity contribution in [2.75, 3.05) is 38.2 Å². The number of nitrogens with zero attached hydrogens (tertiary/aromatic N) is 2. The second-order valence-corrected chi connectivity index (χ2v) is 8.00. The monoisotopic (exact) mass is 400 g/mol. The van der Waals surface area contributed by atoms with Crippen LogP contribution in [0.5, 0.6) is 5.75 Å². The number of benzene rings is 1. The van der Waals surface area contributed by atoms with E-state index in [9.17, 15) is 0 Å². The SMILES string of the molecule is CCNC(=NCCCc1cccc(OC)c1)NC1CCN(c2cccs2)CC1. The molecule has 3 rings (SSSR count). The van der Waals surface area contributed by atoms with E-state index in [-0.39, 0.29) is 0 Å². The zero-order valence-electron chi connectivity index (χ0n) is 17.0. The van der Waals surface area contributed by atoms with E-state index in [0.29, 0.717) is 6.04 Å². The fourth-order valence-corrected chi connectivity index (χ4v) is 4.29. The van der Waals surface area contributed by atoms with Gasteiger partial charge in [0, 0.05) is 32.2 Å². The highest BCUT2D eigenvalue weighted by Crippen LogP contribution is 2.24. The summed E-state index contributed by atoms with van der Waals surface area (Å²) in [7, 11) is 1.71. The van der Waals surface area contributed by atoms with Crippen molar-refractivity contribution in [3.05, 3.63) is 47.3 Å². The van der Waals surface area contributed by atoms with Gasteiger partial charge in [-0.1, -0.05) is 12.1 Å². The lowest BCUT2D eigenvalue weighted by molar-refractivity contribution is 0.414. The van der Waals surface area contributed by atoms with Crippen LogP contribution in [0.1, 0.15) is 31.7 Å². The van der Waals surface area contributed by atoms with Crippen LogP contribution in [0.15, 0.2) is 46.8 Å². The number of aryl methyl sites for hydroxylation is 1. The molecular formula is C22H32N4OS. The molecule has 6 heteroatoms. The van der Waals surface area contributed by atoms with Gasteiger partial charge in [-0.3, -0.25) is 4.99 Å². The topological polar surface area (TPSA) is 48.9 Å². The standard InChI is InChI=1S/C22H32N4OS/c1-3-23-22(24-13-5-8-18-7-4-9-20(17-18)27-2)25-19-11-14-26(15-12-19)21-10-6-16-28-21/h4,6-7,9-10,16-17,19H,3,5,8,11-15H2,1-2H3,(H2,23,24,25). The zero-order valence-corrected chi connectivity index (χ0v) is 17.8. The highest BCUT2D eigenvalue weighted by Gasteiger charge is 2.20. The van der Waals surface area contributed by atoms with Gasteiger partial charge in [0.1, 0.15) is 5.75 Å². The summed E-state index contributed by atoms with van der Waals surface area (Å²) < 4.78 is 5.30. The molecule has 0 saturated carbocycles. The minimum atomic E-state index is 0.493. The van der Waals surface area contributed by atoms with Crippen LogP contribution in [0.2, 0.25) is 0 Å². The molecule has 28 heavy (non-hydrogen) atoms. The van der Waals surface area contributed by atoms with Crippen molar-refractivity contribution in [1.82, 2.24) is 10.6 Å². The third-order valence-electron chi connectivity index (χ3n) is 5.03. The molecule has 0 spiro atoms. The predicted molar refractivity (Wildman–Crippen MR) is 120 cm³/mol. The lowest BCUT2D eigenvalue weighted by Gasteiger charge is -2.33. The summed E-state index contributed by atoms with van der Waals surface area (Å²) in [5, 5.41) is 10.6. The Balaban J connectivity index is 1.43. The van der Waals surface area contributed by atoms with Gasteiger partial charge in [0.15, 0.2) is 5.96 Å². The normalized spacial score (nSPS) is 15.5. The van der Waals surface area contributed by atoms with Crippen LogP contribution in [0.4, 0.5) is 5.00 Å². The summed E-state index contributed by atoms with van der Waals surface area (Å²) in [6.45, 7) is 6.03. The first-order valence-corrected chi connectivity index (χ1v) is 11.1. The number of anilines is 1. The van der Waals surface area contributed by atoms with Crippen LogP contribution in [0.25, 0.3) is 0 Å². The summed E-state index contributed by atoms with van der Waals surface area (Å²) in [6.07, 6.45) is 4.33. The predicted octanol–water partition coefficient (Wildman–Crippen LogP) is 3.91. The molecule has 2 aromatic rings. The zero-order chi connectivity index (χ0) is 19.6. The molecule has 5 nitrogen and oxygen atoms in total. The summed E-state index contributed by atoms with van der Waals surface area (Å²) in [5.74, 6) is 1.87. The Kier molecular flexibility index (Phi) is 8.03. The van der Waals surface area contributed by atoms with Gasteiger partial charge in [0.25, 0.3) is 0 Å². The van der Waals surface area contributed by atoms with Crippen LogP contribution in [-0.4, -0.2) is 45.3 Å². The fraction of sp³-hybridized carbons (Fsp3) is 0.500. The lowest BCUT2D eigenvalue weighted by atomic mass is 10.1. The van der Waals surface area contributed by atoms with Crippen LogP contribution in [-0.2, 0) is 6.42 Å². The van der Waals surface area contributed by atoms with Gasteiger partial charge in [0.05, 0.1) is 12.1 Å². The van der Waals surface area contributed by atoms with E-state index in [1.807, 2.05) is 23.5 Å². The maximum absolute atomic E-state index is 5.30. The Bertz CT molecular complexity index is 724. The first-order valence-electron chi connectivity index (χ1n) is 10.2. The second kappa shape index (κ2) is 11.0. The first kappa shape index (κ1) is 20.5. The number of hydrogen-bond donors (Lipinski definition) is 2. The Morgan fingerprint density at radius 2 is 2.11 bits per heavy atom. The van der Waals surface area contributed by atoms with E-state index >= 15 is 0 Å². The molecule has 1 saturated heterocycles. The summed E-state index contributed by atoms with van der Waals surface area (Å²) in [6, 6.07) is 13.1. The van der Waals surface area contributed by atoms with Gasteiger partial charge in [-0.15, -0.1) is 11.3 Å². The van der Waals surface area contributed by atoms with Crippen molar-refractivity contribution in [3.8, 4) is 5.75 Å². The molecule has 0 bridgehead atoms. The first-order chi connectivity index (χ1) is 13.8. The third kappa shape index (κ3) is 6.16. The number of piperidine rings is 1. The van der Waals surface area contributed by atoms with Crippen molar-refractivity contribution >= 4 is 22.3 Å². The summed E-state index contributed by atoms with van der Waals surface area (Å²) >= 11 is 1.83. The highest BCUT2D eigenvalue weighted by atomic mass is 32.1. The van der Waals surface area contributed by atoms with Crippen LogP contribution in [0, 0.1) is 0 Å². The fourth-order valence-electron chi connectivity index (χ4n) is 3.51. The van der Waals surface area contributed by atoms with Gasteiger partial charge in [-0.25, -0.2) is 0 Å². The van der Waals surface area contributed by atoms with Crippen molar-refractivity contribution in [2.45, 2.75) is 38.6 Å². The van der Waals surface area contributed by atoms with Crippen molar-refractivity contribution in [3.63, 3.8) is 0 Å². The molecule has 0 aliphatic carbocycles. The third-order valence-corrected chi connectivity index (χ3v) is 5.95. The van der Waals surface area contributed by atoms with E-state index in [4.69, 9.17) is 9.73 Å². The minimum Gasteiger partial charge on any atom is -0.497 e. The maximum atomic E-state index is 5.30. The van der Waals surface area contributed by atoms with E-state index in [1.54, 1.807) is 7.11 Å². The summed E-state index contributed by atoms with van der Waals surface area (Å²) in [4.78, 5) is 7.27. The van der Waals surface area contributed by atoms with Crippen LogP contribution < -0.4 is 20.3 Å². The van der Waals surface area contributed by atoms with Crippen molar-refractivity contribution in [2.24, 2.45) is 4.99 Å². The number of ether oxygens (including phenoxy) is 1. The molecule has 1 aliphatic rings. The number of aliphatic imine (C=N–C) groups is 1. The number of thiophene rings is 1. The van der Waals surface area contributed by atoms with Gasteiger partial charge in [-0.2, -0.15) is 0 Å². The van der Waals surface area contributed by atoms with Crippen LogP contribution in [0.3, 0.4) is 0 Å². The number of guanidine groups is 1. The van der Waals surface area contributed by atoms with Crippen molar-refractivity contribution in [1.29, 1.82) is 0 Å². The Morgan fingerprint density at radius 3 is 2.82 bits per heavy atom. The number of nitrogens with one attached hydrogen (secondary N) is 2. The smallest absolute Gasteiger partial charge is 0.191 e. The van der Waals surface area contributed by atoms with E-state index in [1.165, 1.54) is 10.6 Å². The van der Waals surface area contributed by atoms with E-state index in [0.717, 1.165) is 63.6 Å². The molecular weight excluding hydrogens is 368 g/mol. The molecule has 0 unspecified atom stereocenters. The maximum Gasteiger partial charge on any atom is 0.191 e. The molecule has 1 fully saturated rings. The van der Waals surface area contributed by atoms with Gasteiger partial charge < -0.3 is 20.3 Å². The second-order valence-electron chi connectivity index (χ2n) is 7.07. The Labute approximate surface area is 172 Å². The Hall–Kier alpha value is -2.21. The molecule has 0 radical (unpaired) electrons. The molecule has 2 N–H and O–H groups in total. The van der Waals surface area contributed by atoms with E-state index < -0.39 is 0 Å². The molecule has 2 heterocycles. The molecule has 1 aromatic carbocycles. The molecule has 0 amide bonds. The summed E-state index contributed by atoms with van der Waals surface area (Å²) in [5.41, 5.74) is 1.30. The molecule has 0 atom stereocenters. The average molecular weight is 401 g/mol. The molecule has 1 aliphatic heterocycles. The quantitative estimate of drug-likeness (QED) is 0.401. The number of methoxy groups -OCH3 is 1. The van der Waals surface area contributed by atoms with Gasteiger partial charge >= 0.3 is 0 Å². The minimum absolute atomic E-state index is 0.493. The van der Waals surface area contributed by atoms with Gasteiger partial charge in [-0.05, 0) is 67.8 Å². The molecule has 152 valence electrons. The molecule has 1 aromatic heterocycles. The highest BCUT2D eigenvalue weighted by molar-refractivity contribution is 7.14. The van der Waals surface area contributed by atoms with Crippen molar-refractivity contribution < 1.29 is 4.74 Å². The number of rotatable bonds is 8. The van der Waals surface area contributed by atoms with Gasteiger partial charge in [0.2, 0.25) is 0 Å². The Morgan fingerprint density at radius 1 is 1.25 bits per heavy atom. The van der Waals surface area contributed by atoms with Crippen LogP contribution >= 0.6 is 11.3 Å². The lowest BCUT2D eigenvalue weighted by Crippen LogP contribution is -2.48. The average Bonchev–Trinajstić information content (AvgIpc) is 3.27.